The van der Waals surface area contributed by atoms with E-state index >= 15 is 0 Å². The molecule has 0 spiro atoms. The number of guanidine groups is 1. The van der Waals surface area contributed by atoms with Gasteiger partial charge < -0.3 is 11.1 Å². The van der Waals surface area contributed by atoms with E-state index < -0.39 is 10.8 Å². The molecule has 0 fully saturated rings. The Bertz CT molecular complexity index is 379. The number of nitrogens with zero attached hydrogens (tertiary/aromatic N) is 1. The van der Waals surface area contributed by atoms with E-state index in [0.29, 0.717) is 24.8 Å². The number of hydrogen-bond acceptors (Lipinski definition) is 2. The summed E-state index contributed by atoms with van der Waals surface area (Å²) >= 11 is 0. The Balaban J connectivity index is 2.23. The van der Waals surface area contributed by atoms with E-state index in [-0.39, 0.29) is 0 Å². The van der Waals surface area contributed by atoms with Crippen molar-refractivity contribution in [1.82, 2.24) is 5.32 Å². The number of benzene rings is 1. The summed E-state index contributed by atoms with van der Waals surface area (Å²) in [4.78, 5) is 4.22. The standard InChI is InChI=1S/C12H19N3OS/c1-17(16)9-5-8-14-12(13)15-10-11-6-3-2-4-7-11/h2-4,6-7H,5,8-10H2,1H3,(H3,13,14,15). The highest BCUT2D eigenvalue weighted by atomic mass is 32.2. The zero-order valence-corrected chi connectivity index (χ0v) is 10.9. The molecule has 1 aromatic rings. The predicted octanol–water partition coefficient (Wildman–Crippen LogP) is 0.860. The van der Waals surface area contributed by atoms with E-state index in [9.17, 15) is 4.21 Å². The maximum Gasteiger partial charge on any atom is 0.188 e. The van der Waals surface area contributed by atoms with Gasteiger partial charge in [-0.05, 0) is 12.0 Å². The third kappa shape index (κ3) is 6.73. The first-order valence-electron chi connectivity index (χ1n) is 5.56. The van der Waals surface area contributed by atoms with Crippen molar-refractivity contribution in [1.29, 1.82) is 0 Å². The summed E-state index contributed by atoms with van der Waals surface area (Å²) in [5.74, 6) is 1.13. The second-order valence-corrected chi connectivity index (χ2v) is 5.30. The van der Waals surface area contributed by atoms with Crippen LogP contribution < -0.4 is 11.1 Å². The van der Waals surface area contributed by atoms with Crippen LogP contribution in [0.25, 0.3) is 0 Å². The Morgan fingerprint density at radius 3 is 2.76 bits per heavy atom. The molecule has 5 heteroatoms. The first-order chi connectivity index (χ1) is 8.18. The summed E-state index contributed by atoms with van der Waals surface area (Å²) in [6.45, 7) is 1.29. The Hall–Kier alpha value is -1.36. The SMILES string of the molecule is CS(=O)CCCNC(N)=NCc1ccccc1. The average molecular weight is 253 g/mol. The minimum Gasteiger partial charge on any atom is -0.370 e. The van der Waals surface area contributed by atoms with Crippen LogP contribution in [0.3, 0.4) is 0 Å². The van der Waals surface area contributed by atoms with E-state index in [2.05, 4.69) is 10.3 Å². The topological polar surface area (TPSA) is 67.5 Å². The molecule has 1 aromatic carbocycles. The summed E-state index contributed by atoms with van der Waals surface area (Å²) < 4.78 is 10.8. The molecule has 0 bridgehead atoms. The normalized spacial score (nSPS) is 13.4. The van der Waals surface area contributed by atoms with Crippen LogP contribution in [0.5, 0.6) is 0 Å². The molecule has 1 unspecified atom stereocenters. The number of nitrogens with two attached hydrogens (primary N) is 1. The highest BCUT2D eigenvalue weighted by molar-refractivity contribution is 7.84. The van der Waals surface area contributed by atoms with Gasteiger partial charge in [0.2, 0.25) is 0 Å². The number of aliphatic imine (C=N–C) groups is 1. The molecule has 94 valence electrons. The number of rotatable bonds is 6. The lowest BCUT2D eigenvalue weighted by Gasteiger charge is -2.04. The fourth-order valence-corrected chi connectivity index (χ4v) is 1.86. The van der Waals surface area contributed by atoms with E-state index in [1.165, 1.54) is 0 Å². The van der Waals surface area contributed by atoms with Crippen LogP contribution in [0.4, 0.5) is 0 Å². The van der Waals surface area contributed by atoms with Gasteiger partial charge in [-0.2, -0.15) is 0 Å². The Labute approximate surface area is 105 Å². The van der Waals surface area contributed by atoms with Gasteiger partial charge in [-0.25, -0.2) is 4.99 Å². The van der Waals surface area contributed by atoms with Crippen molar-refractivity contribution in [2.24, 2.45) is 10.7 Å². The zero-order valence-electron chi connectivity index (χ0n) is 10.1. The van der Waals surface area contributed by atoms with Gasteiger partial charge in [-0.15, -0.1) is 0 Å². The van der Waals surface area contributed by atoms with Crippen LogP contribution in [0.15, 0.2) is 35.3 Å². The van der Waals surface area contributed by atoms with Gasteiger partial charge in [0.1, 0.15) is 0 Å². The van der Waals surface area contributed by atoms with Crippen LogP contribution in [0, 0.1) is 0 Å². The van der Waals surface area contributed by atoms with Gasteiger partial charge in [0.05, 0.1) is 6.54 Å². The van der Waals surface area contributed by atoms with Crippen molar-refractivity contribution in [3.8, 4) is 0 Å². The molecule has 1 atom stereocenters. The van der Waals surface area contributed by atoms with Crippen LogP contribution in [-0.2, 0) is 17.3 Å². The molecular weight excluding hydrogens is 234 g/mol. The van der Waals surface area contributed by atoms with Gasteiger partial charge in [0.15, 0.2) is 5.96 Å². The van der Waals surface area contributed by atoms with Crippen molar-refractivity contribution in [2.75, 3.05) is 18.6 Å². The number of nitrogens with one attached hydrogen (secondary N) is 1. The largest absolute Gasteiger partial charge is 0.370 e. The summed E-state index contributed by atoms with van der Waals surface area (Å²) in [6.07, 6.45) is 2.54. The summed E-state index contributed by atoms with van der Waals surface area (Å²) in [5, 5.41) is 3.00. The van der Waals surface area contributed by atoms with Gasteiger partial charge in [-0.3, -0.25) is 4.21 Å². The molecule has 0 amide bonds. The maximum absolute atomic E-state index is 10.8. The van der Waals surface area contributed by atoms with Crippen molar-refractivity contribution in [3.63, 3.8) is 0 Å². The van der Waals surface area contributed by atoms with E-state index in [1.54, 1.807) is 6.26 Å². The summed E-state index contributed by atoms with van der Waals surface area (Å²) in [6, 6.07) is 9.95. The maximum atomic E-state index is 10.8. The van der Waals surface area contributed by atoms with Crippen LogP contribution in [0.2, 0.25) is 0 Å². The van der Waals surface area contributed by atoms with Crippen molar-refractivity contribution >= 4 is 16.8 Å². The van der Waals surface area contributed by atoms with E-state index in [0.717, 1.165) is 12.0 Å². The van der Waals surface area contributed by atoms with Gasteiger partial charge in [0.25, 0.3) is 0 Å². The Kier molecular flexibility index (Phi) is 6.32. The Morgan fingerprint density at radius 2 is 2.12 bits per heavy atom. The zero-order chi connectivity index (χ0) is 12.5. The van der Waals surface area contributed by atoms with Gasteiger partial charge in [0, 0.05) is 29.4 Å². The first-order valence-corrected chi connectivity index (χ1v) is 7.29. The first kappa shape index (κ1) is 13.7. The minimum atomic E-state index is -0.734. The quantitative estimate of drug-likeness (QED) is 0.449. The third-order valence-corrected chi connectivity index (χ3v) is 3.05. The second kappa shape index (κ2) is 7.84. The molecule has 0 aliphatic rings. The van der Waals surface area contributed by atoms with Crippen LogP contribution in [0.1, 0.15) is 12.0 Å². The molecule has 0 aromatic heterocycles. The van der Waals surface area contributed by atoms with Crippen molar-refractivity contribution in [2.45, 2.75) is 13.0 Å². The molecule has 3 N–H and O–H groups in total. The molecule has 1 rings (SSSR count). The molecule has 0 saturated carbocycles. The molecule has 17 heavy (non-hydrogen) atoms. The fourth-order valence-electron chi connectivity index (χ4n) is 1.31. The lowest BCUT2D eigenvalue weighted by atomic mass is 10.2. The highest BCUT2D eigenvalue weighted by Crippen LogP contribution is 1.99. The summed E-state index contributed by atoms with van der Waals surface area (Å²) in [7, 11) is -0.734. The minimum absolute atomic E-state index is 0.440. The fraction of sp³-hybridized carbons (Fsp3) is 0.417. The predicted molar refractivity (Wildman–Crippen MR) is 73.3 cm³/mol. The third-order valence-electron chi connectivity index (χ3n) is 2.19. The van der Waals surface area contributed by atoms with Crippen LogP contribution >= 0.6 is 0 Å². The lowest BCUT2D eigenvalue weighted by molar-refractivity contribution is 0.683. The van der Waals surface area contributed by atoms with Gasteiger partial charge >= 0.3 is 0 Å². The van der Waals surface area contributed by atoms with Crippen LogP contribution in [-0.4, -0.2) is 28.7 Å². The van der Waals surface area contributed by atoms with Crippen molar-refractivity contribution in [3.05, 3.63) is 35.9 Å². The molecule has 0 heterocycles. The van der Waals surface area contributed by atoms with E-state index in [1.807, 2.05) is 30.3 Å². The molecular formula is C12H19N3OS. The molecule has 0 aliphatic carbocycles. The van der Waals surface area contributed by atoms with E-state index in [4.69, 9.17) is 5.73 Å². The second-order valence-electron chi connectivity index (χ2n) is 3.74. The average Bonchev–Trinajstić information content (AvgIpc) is 2.33. The molecule has 0 saturated heterocycles. The molecule has 4 nitrogen and oxygen atoms in total. The van der Waals surface area contributed by atoms with Crippen molar-refractivity contribution < 1.29 is 4.21 Å². The lowest BCUT2D eigenvalue weighted by Crippen LogP contribution is -2.32. The smallest absolute Gasteiger partial charge is 0.188 e. The van der Waals surface area contributed by atoms with Gasteiger partial charge in [-0.1, -0.05) is 30.3 Å². The number of hydrogen-bond donors (Lipinski definition) is 2. The molecule has 0 radical (unpaired) electrons. The monoisotopic (exact) mass is 253 g/mol. The Morgan fingerprint density at radius 1 is 1.41 bits per heavy atom. The molecule has 0 aliphatic heterocycles. The highest BCUT2D eigenvalue weighted by Gasteiger charge is 1.94. The summed E-state index contributed by atoms with van der Waals surface area (Å²) in [5.41, 5.74) is 6.83.